The zero-order valence-electron chi connectivity index (χ0n) is 14.9. The van der Waals surface area contributed by atoms with Crippen molar-refractivity contribution in [3.63, 3.8) is 0 Å². The lowest BCUT2D eigenvalue weighted by atomic mass is 10.0. The minimum Gasteiger partial charge on any atom is -0.441 e. The summed E-state index contributed by atoms with van der Waals surface area (Å²) in [5, 5.41) is 17.5. The van der Waals surface area contributed by atoms with Crippen molar-refractivity contribution in [2.24, 2.45) is 0 Å². The molecule has 0 fully saturated rings. The molecule has 1 aromatic carbocycles. The fourth-order valence-corrected chi connectivity index (χ4v) is 2.51. The van der Waals surface area contributed by atoms with Crippen molar-refractivity contribution >= 4 is 5.97 Å². The average Bonchev–Trinajstić information content (AvgIpc) is 3.09. The zero-order valence-corrected chi connectivity index (χ0v) is 14.9. The lowest BCUT2D eigenvalue weighted by Gasteiger charge is -2.07. The van der Waals surface area contributed by atoms with Crippen LogP contribution in [0.25, 0.3) is 22.6 Å². The van der Waals surface area contributed by atoms with Gasteiger partial charge in [0.15, 0.2) is 11.5 Å². The number of hydrogen-bond acceptors (Lipinski definition) is 7. The number of rotatable bonds is 5. The highest BCUT2D eigenvalue weighted by molar-refractivity contribution is 5.71. The van der Waals surface area contributed by atoms with Gasteiger partial charge in [0.25, 0.3) is 6.43 Å². The third-order valence-corrected chi connectivity index (χ3v) is 3.65. The summed E-state index contributed by atoms with van der Waals surface area (Å²) in [5.41, 5.74) is 1.74. The van der Waals surface area contributed by atoms with E-state index in [9.17, 15) is 18.8 Å². The molecule has 0 amide bonds. The molecule has 0 spiro atoms. The largest absolute Gasteiger partial charge is 0.441 e. The van der Waals surface area contributed by atoms with Crippen LogP contribution >= 0.6 is 0 Å². The summed E-state index contributed by atoms with van der Waals surface area (Å²) in [7, 11) is 0. The maximum atomic E-state index is 12.9. The predicted molar refractivity (Wildman–Crippen MR) is 92.7 cm³/mol. The molecule has 0 N–H and O–H groups in total. The second-order valence-corrected chi connectivity index (χ2v) is 5.84. The molecule has 0 aliphatic heterocycles. The number of aromatic nitrogens is 5. The Morgan fingerprint density at radius 2 is 2.04 bits per heavy atom. The Balaban J connectivity index is 2.04. The van der Waals surface area contributed by atoms with Crippen LogP contribution in [0.3, 0.4) is 0 Å². The topological polar surface area (TPSA) is 107 Å². The third-order valence-electron chi connectivity index (χ3n) is 3.65. The molecule has 2 aromatic heterocycles. The van der Waals surface area contributed by atoms with E-state index in [2.05, 4.69) is 20.2 Å². The summed E-state index contributed by atoms with van der Waals surface area (Å²) in [5.74, 6) is -0.375. The van der Waals surface area contributed by atoms with Crippen LogP contribution in [0.15, 0.2) is 30.5 Å². The fourth-order valence-electron chi connectivity index (χ4n) is 2.51. The van der Waals surface area contributed by atoms with Gasteiger partial charge in [0.2, 0.25) is 6.73 Å². The number of ether oxygens (including phenoxy) is 1. The Hall–Kier alpha value is -3.74. The summed E-state index contributed by atoms with van der Waals surface area (Å²) in [6.07, 6.45) is -1.44. The summed E-state index contributed by atoms with van der Waals surface area (Å²) in [6.45, 7) is 2.82. The van der Waals surface area contributed by atoms with E-state index < -0.39 is 12.4 Å². The number of aryl methyl sites for hydroxylation is 1. The van der Waals surface area contributed by atoms with Crippen LogP contribution < -0.4 is 0 Å². The molecule has 0 aliphatic rings. The first-order valence-electron chi connectivity index (χ1n) is 8.09. The van der Waals surface area contributed by atoms with E-state index >= 15 is 0 Å². The van der Waals surface area contributed by atoms with Crippen molar-refractivity contribution in [1.82, 2.24) is 25.0 Å². The van der Waals surface area contributed by atoms with Gasteiger partial charge in [0.05, 0.1) is 0 Å². The van der Waals surface area contributed by atoms with Crippen LogP contribution in [0.1, 0.15) is 30.3 Å². The van der Waals surface area contributed by atoms with Gasteiger partial charge in [-0.2, -0.15) is 5.26 Å². The Labute approximate surface area is 158 Å². The molecule has 0 saturated carbocycles. The van der Waals surface area contributed by atoms with Gasteiger partial charge in [-0.3, -0.25) is 4.79 Å². The van der Waals surface area contributed by atoms with Gasteiger partial charge < -0.3 is 4.74 Å². The molecule has 0 atom stereocenters. The first kappa shape index (κ1) is 19.0. The molecule has 0 radical (unpaired) electrons. The zero-order chi connectivity index (χ0) is 20.3. The number of halogens is 2. The van der Waals surface area contributed by atoms with Gasteiger partial charge >= 0.3 is 5.97 Å². The second-order valence-electron chi connectivity index (χ2n) is 5.84. The Kier molecular flexibility index (Phi) is 5.35. The number of benzene rings is 1. The normalized spacial score (nSPS) is 10.7. The van der Waals surface area contributed by atoms with E-state index in [-0.39, 0.29) is 29.6 Å². The van der Waals surface area contributed by atoms with E-state index in [1.165, 1.54) is 13.1 Å². The fraction of sp³-hybridized carbons (Fsp3) is 0.222. The summed E-state index contributed by atoms with van der Waals surface area (Å²) >= 11 is 0. The average molecular weight is 384 g/mol. The number of nitrogens with zero attached hydrogens (tertiary/aromatic N) is 6. The van der Waals surface area contributed by atoms with Crippen LogP contribution in [0.4, 0.5) is 8.78 Å². The number of carbonyl (C=O) groups excluding carboxylic acids is 1. The molecule has 2 heterocycles. The van der Waals surface area contributed by atoms with Crippen molar-refractivity contribution in [2.45, 2.75) is 27.0 Å². The number of hydrogen-bond donors (Lipinski definition) is 0. The van der Waals surface area contributed by atoms with Crippen LogP contribution in [0.5, 0.6) is 0 Å². The van der Waals surface area contributed by atoms with E-state index in [1.54, 1.807) is 25.1 Å². The lowest BCUT2D eigenvalue weighted by Crippen LogP contribution is -2.09. The molecule has 3 aromatic rings. The SMILES string of the molecule is CC(=O)OCn1nc(C#N)c(-c2cc(C)cc(-c3nccc(C(F)F)n3)c2)n1. The second kappa shape index (κ2) is 7.87. The van der Waals surface area contributed by atoms with Crippen LogP contribution in [-0.2, 0) is 16.3 Å². The highest BCUT2D eigenvalue weighted by atomic mass is 19.3. The van der Waals surface area contributed by atoms with Crippen LogP contribution in [0, 0.1) is 18.3 Å². The van der Waals surface area contributed by atoms with Gasteiger partial charge in [-0.1, -0.05) is 0 Å². The Morgan fingerprint density at radius 3 is 2.71 bits per heavy atom. The van der Waals surface area contributed by atoms with Crippen molar-refractivity contribution in [2.75, 3.05) is 0 Å². The number of esters is 1. The van der Waals surface area contributed by atoms with Crippen molar-refractivity contribution in [3.8, 4) is 28.7 Å². The molecule has 10 heteroatoms. The van der Waals surface area contributed by atoms with E-state index in [1.807, 2.05) is 6.07 Å². The van der Waals surface area contributed by atoms with Crippen LogP contribution in [0.2, 0.25) is 0 Å². The number of carbonyl (C=O) groups is 1. The van der Waals surface area contributed by atoms with Crippen molar-refractivity contribution < 1.29 is 18.3 Å². The lowest BCUT2D eigenvalue weighted by molar-refractivity contribution is -0.145. The summed E-state index contributed by atoms with van der Waals surface area (Å²) in [4.78, 5) is 20.0. The molecule has 3 rings (SSSR count). The third kappa shape index (κ3) is 4.15. The summed E-state index contributed by atoms with van der Waals surface area (Å²) < 4.78 is 30.7. The molecule has 28 heavy (non-hydrogen) atoms. The molecular formula is C18H14F2N6O2. The quantitative estimate of drug-likeness (QED) is 0.622. The number of alkyl halides is 2. The molecule has 8 nitrogen and oxygen atoms in total. The van der Waals surface area contributed by atoms with Gasteiger partial charge in [-0.05, 0) is 36.8 Å². The number of nitriles is 1. The minimum absolute atomic E-state index is 0.0333. The van der Waals surface area contributed by atoms with E-state index in [0.29, 0.717) is 11.1 Å². The Morgan fingerprint density at radius 1 is 1.29 bits per heavy atom. The highest BCUT2D eigenvalue weighted by Gasteiger charge is 2.16. The van der Waals surface area contributed by atoms with Gasteiger partial charge in [-0.15, -0.1) is 15.0 Å². The van der Waals surface area contributed by atoms with Crippen LogP contribution in [-0.4, -0.2) is 30.9 Å². The molecule has 142 valence electrons. The minimum atomic E-state index is -2.71. The first-order valence-corrected chi connectivity index (χ1v) is 8.09. The molecule has 0 bridgehead atoms. The Bertz CT molecular complexity index is 1070. The van der Waals surface area contributed by atoms with Gasteiger partial charge in [0.1, 0.15) is 17.5 Å². The predicted octanol–water partition coefficient (Wildman–Crippen LogP) is 3.04. The van der Waals surface area contributed by atoms with E-state index in [4.69, 9.17) is 4.74 Å². The first-order chi connectivity index (χ1) is 13.4. The molecule has 0 saturated heterocycles. The standard InChI is InChI=1S/C18H14F2N6O2/c1-10-5-12(16-15(8-21)24-26(25-16)9-28-11(2)27)7-13(6-10)18-22-4-3-14(23-18)17(19)20/h3-7,17H,9H2,1-2H3. The molecule has 0 aliphatic carbocycles. The van der Waals surface area contributed by atoms with Crippen molar-refractivity contribution in [3.05, 3.63) is 47.4 Å². The summed E-state index contributed by atoms with van der Waals surface area (Å²) in [6, 6.07) is 8.23. The molecular weight excluding hydrogens is 370 g/mol. The smallest absolute Gasteiger partial charge is 0.304 e. The van der Waals surface area contributed by atoms with Crippen molar-refractivity contribution in [1.29, 1.82) is 5.26 Å². The maximum absolute atomic E-state index is 12.9. The maximum Gasteiger partial charge on any atom is 0.304 e. The van der Waals surface area contributed by atoms with Gasteiger partial charge in [0, 0.05) is 24.2 Å². The monoisotopic (exact) mass is 384 g/mol. The highest BCUT2D eigenvalue weighted by Crippen LogP contribution is 2.28. The molecule has 0 unspecified atom stereocenters. The van der Waals surface area contributed by atoms with Gasteiger partial charge in [-0.25, -0.2) is 18.7 Å². The van der Waals surface area contributed by atoms with E-state index in [0.717, 1.165) is 16.4 Å².